The highest BCUT2D eigenvalue weighted by Crippen LogP contribution is 2.41. The van der Waals surface area contributed by atoms with Gasteiger partial charge >= 0.3 is 5.97 Å². The summed E-state index contributed by atoms with van der Waals surface area (Å²) in [5.41, 5.74) is 3.88. The molecule has 1 aromatic carbocycles. The summed E-state index contributed by atoms with van der Waals surface area (Å²) in [4.78, 5) is 10.6. The van der Waals surface area contributed by atoms with E-state index in [9.17, 15) is 9.90 Å². The molecule has 4 nitrogen and oxygen atoms in total. The Balaban J connectivity index is 2.02. The molecule has 4 heteroatoms. The van der Waals surface area contributed by atoms with Crippen molar-refractivity contribution in [1.82, 2.24) is 0 Å². The molecule has 1 aliphatic rings. The van der Waals surface area contributed by atoms with Crippen LogP contribution in [0.25, 0.3) is 0 Å². The van der Waals surface area contributed by atoms with Gasteiger partial charge in [0.2, 0.25) is 0 Å². The number of fused-ring (bicyclic) bond motifs is 1. The molecule has 0 saturated heterocycles. The Kier molecular flexibility index (Phi) is 5.58. The molecular weight excluding hydrogens is 304 g/mol. The molecule has 0 bridgehead atoms. The number of hydrogen-bond donors (Lipinski definition) is 2. The number of carboxylic acids is 1. The number of hydrogen-bond acceptors (Lipinski definition) is 3. The Bertz CT molecular complexity index is 660. The summed E-state index contributed by atoms with van der Waals surface area (Å²) >= 11 is 0. The predicted molar refractivity (Wildman–Crippen MR) is 94.8 cm³/mol. The van der Waals surface area contributed by atoms with Crippen LogP contribution in [0.3, 0.4) is 0 Å². The van der Waals surface area contributed by atoms with E-state index < -0.39 is 5.97 Å². The zero-order chi connectivity index (χ0) is 17.9. The van der Waals surface area contributed by atoms with E-state index in [4.69, 9.17) is 9.84 Å². The first-order valence-corrected chi connectivity index (χ1v) is 8.60. The zero-order valence-corrected chi connectivity index (χ0v) is 15.1. The molecule has 0 aliphatic carbocycles. The van der Waals surface area contributed by atoms with Crippen LogP contribution in [0.4, 0.5) is 0 Å². The van der Waals surface area contributed by atoms with E-state index in [-0.39, 0.29) is 12.0 Å². The van der Waals surface area contributed by atoms with Crippen LogP contribution in [0.2, 0.25) is 0 Å². The number of aliphatic carboxylic acids is 1. The Morgan fingerprint density at radius 1 is 1.33 bits per heavy atom. The lowest BCUT2D eigenvalue weighted by Gasteiger charge is -2.37. The molecule has 1 aromatic rings. The van der Waals surface area contributed by atoms with Gasteiger partial charge in [0, 0.05) is 6.42 Å². The minimum Gasteiger partial charge on any atom is -0.508 e. The summed E-state index contributed by atoms with van der Waals surface area (Å²) in [6.45, 7) is 8.03. The van der Waals surface area contributed by atoms with Crippen LogP contribution < -0.4 is 4.74 Å². The molecule has 1 aliphatic heterocycles. The van der Waals surface area contributed by atoms with Crippen molar-refractivity contribution >= 4 is 5.97 Å². The Hall–Kier alpha value is -1.97. The second-order valence-electron chi connectivity index (χ2n) is 7.17. The van der Waals surface area contributed by atoms with Crippen molar-refractivity contribution in [2.75, 3.05) is 0 Å². The molecule has 132 valence electrons. The maximum atomic E-state index is 10.6. The third-order valence-electron chi connectivity index (χ3n) is 5.06. The van der Waals surface area contributed by atoms with Crippen LogP contribution >= 0.6 is 0 Å². The number of carbonyl (C=O) groups is 1. The second kappa shape index (κ2) is 7.29. The van der Waals surface area contributed by atoms with Crippen molar-refractivity contribution < 1.29 is 19.7 Å². The van der Waals surface area contributed by atoms with Gasteiger partial charge in [-0.2, -0.15) is 0 Å². The SMILES string of the molecule is CC(=CCCC1(C)CCc2cc(O)c(C)c(C)c2O1)CCC(=O)O. The van der Waals surface area contributed by atoms with Crippen molar-refractivity contribution in [3.63, 3.8) is 0 Å². The molecule has 0 saturated carbocycles. The van der Waals surface area contributed by atoms with E-state index in [2.05, 4.69) is 13.0 Å². The highest BCUT2D eigenvalue weighted by molar-refractivity contribution is 5.67. The van der Waals surface area contributed by atoms with Gasteiger partial charge in [0.25, 0.3) is 0 Å². The number of benzene rings is 1. The first-order chi connectivity index (χ1) is 11.2. The standard InChI is InChI=1S/C20H28O4/c1-13(7-8-18(22)23)6-5-10-20(4)11-9-16-12-17(21)14(2)15(3)19(16)24-20/h6,12,21H,5,7-11H2,1-4H3,(H,22,23). The Morgan fingerprint density at radius 3 is 2.71 bits per heavy atom. The number of ether oxygens (including phenoxy) is 1. The van der Waals surface area contributed by atoms with Crippen LogP contribution in [0.15, 0.2) is 17.7 Å². The van der Waals surface area contributed by atoms with Crippen LogP contribution in [0.5, 0.6) is 11.5 Å². The number of phenols is 1. The fourth-order valence-electron chi connectivity index (χ4n) is 3.17. The molecule has 2 rings (SSSR count). The van der Waals surface area contributed by atoms with E-state index >= 15 is 0 Å². The maximum Gasteiger partial charge on any atom is 0.303 e. The van der Waals surface area contributed by atoms with Gasteiger partial charge in [-0.25, -0.2) is 0 Å². The van der Waals surface area contributed by atoms with Gasteiger partial charge in [0.15, 0.2) is 0 Å². The van der Waals surface area contributed by atoms with Crippen LogP contribution in [0, 0.1) is 13.8 Å². The molecule has 1 heterocycles. The van der Waals surface area contributed by atoms with Crippen molar-refractivity contribution in [3.05, 3.63) is 34.4 Å². The number of carboxylic acid groups (broad SMARTS) is 1. The fourth-order valence-corrected chi connectivity index (χ4v) is 3.17. The first-order valence-electron chi connectivity index (χ1n) is 8.60. The molecule has 1 atom stereocenters. The number of rotatable bonds is 6. The molecule has 0 radical (unpaired) electrons. The zero-order valence-electron chi connectivity index (χ0n) is 15.1. The van der Waals surface area contributed by atoms with Gasteiger partial charge in [0.1, 0.15) is 17.1 Å². The molecule has 0 amide bonds. The summed E-state index contributed by atoms with van der Waals surface area (Å²) in [5, 5.41) is 18.7. The van der Waals surface area contributed by atoms with Crippen LogP contribution in [0.1, 0.15) is 62.6 Å². The second-order valence-corrected chi connectivity index (χ2v) is 7.17. The summed E-state index contributed by atoms with van der Waals surface area (Å²) in [7, 11) is 0. The highest BCUT2D eigenvalue weighted by atomic mass is 16.5. The normalized spacial score (nSPS) is 20.4. The molecule has 1 unspecified atom stereocenters. The van der Waals surface area contributed by atoms with Gasteiger partial charge in [-0.3, -0.25) is 4.79 Å². The van der Waals surface area contributed by atoms with E-state index in [1.54, 1.807) is 0 Å². The third-order valence-corrected chi connectivity index (χ3v) is 5.06. The van der Waals surface area contributed by atoms with Gasteiger partial charge in [-0.15, -0.1) is 0 Å². The molecule has 0 spiro atoms. The summed E-state index contributed by atoms with van der Waals surface area (Å²) in [6.07, 6.45) is 6.52. The van der Waals surface area contributed by atoms with Crippen LogP contribution in [-0.2, 0) is 11.2 Å². The number of allylic oxidation sites excluding steroid dienone is 2. The minimum absolute atomic E-state index is 0.186. The number of phenolic OH excluding ortho intramolecular Hbond substituents is 1. The largest absolute Gasteiger partial charge is 0.508 e. The monoisotopic (exact) mass is 332 g/mol. The highest BCUT2D eigenvalue weighted by Gasteiger charge is 2.32. The average Bonchev–Trinajstić information content (AvgIpc) is 2.52. The quantitative estimate of drug-likeness (QED) is 0.742. The molecule has 0 fully saturated rings. The fraction of sp³-hybridized carbons (Fsp3) is 0.550. The smallest absolute Gasteiger partial charge is 0.303 e. The van der Waals surface area contributed by atoms with Crippen molar-refractivity contribution in [2.24, 2.45) is 0 Å². The average molecular weight is 332 g/mol. The molecule has 0 aromatic heterocycles. The van der Waals surface area contributed by atoms with Crippen LogP contribution in [-0.4, -0.2) is 21.8 Å². The Labute approximate surface area is 144 Å². The first kappa shape index (κ1) is 18.4. The molecular formula is C20H28O4. The third kappa shape index (κ3) is 4.31. The van der Waals surface area contributed by atoms with Gasteiger partial charge in [-0.1, -0.05) is 11.6 Å². The van der Waals surface area contributed by atoms with Crippen molar-refractivity contribution in [3.8, 4) is 11.5 Å². The maximum absolute atomic E-state index is 10.6. The van der Waals surface area contributed by atoms with Crippen molar-refractivity contribution in [1.29, 1.82) is 0 Å². The summed E-state index contributed by atoms with van der Waals surface area (Å²) in [6, 6.07) is 1.83. The van der Waals surface area contributed by atoms with E-state index in [1.807, 2.05) is 26.8 Å². The van der Waals surface area contributed by atoms with E-state index in [1.165, 1.54) is 0 Å². The van der Waals surface area contributed by atoms with Crippen molar-refractivity contribution in [2.45, 2.75) is 71.8 Å². The number of aromatic hydroxyl groups is 1. The lowest BCUT2D eigenvalue weighted by atomic mass is 9.87. The number of aryl methyl sites for hydroxylation is 1. The lowest BCUT2D eigenvalue weighted by Crippen LogP contribution is -2.36. The summed E-state index contributed by atoms with van der Waals surface area (Å²) < 4.78 is 6.33. The summed E-state index contributed by atoms with van der Waals surface area (Å²) in [5.74, 6) is 0.511. The van der Waals surface area contributed by atoms with Gasteiger partial charge in [-0.05, 0) is 82.6 Å². The van der Waals surface area contributed by atoms with E-state index in [0.717, 1.165) is 53.7 Å². The predicted octanol–water partition coefficient (Wildman–Crippen LogP) is 4.68. The topological polar surface area (TPSA) is 66.8 Å². The van der Waals surface area contributed by atoms with E-state index in [0.29, 0.717) is 12.2 Å². The molecule has 2 N–H and O–H groups in total. The minimum atomic E-state index is -0.754. The van der Waals surface area contributed by atoms with Gasteiger partial charge in [0.05, 0.1) is 0 Å². The Morgan fingerprint density at radius 2 is 2.04 bits per heavy atom. The van der Waals surface area contributed by atoms with Gasteiger partial charge < -0.3 is 14.9 Å². The lowest BCUT2D eigenvalue weighted by molar-refractivity contribution is -0.136. The molecule has 24 heavy (non-hydrogen) atoms.